The number of pyridine rings is 1. The number of rotatable bonds is 1. The molecule has 0 spiro atoms. The molecule has 0 fully saturated rings. The van der Waals surface area contributed by atoms with Crippen LogP contribution >= 0.6 is 23.2 Å². The Labute approximate surface area is 96.5 Å². The van der Waals surface area contributed by atoms with E-state index in [1.54, 1.807) is 24.3 Å². The van der Waals surface area contributed by atoms with Gasteiger partial charge in [-0.25, -0.2) is 4.39 Å². The van der Waals surface area contributed by atoms with Crippen LogP contribution in [-0.4, -0.2) is 4.98 Å². The predicted molar refractivity (Wildman–Crippen MR) is 59.7 cm³/mol. The summed E-state index contributed by atoms with van der Waals surface area (Å²) >= 11 is 11.7. The largest absolute Gasteiger partial charge is 0.253 e. The molecule has 15 heavy (non-hydrogen) atoms. The fraction of sp³-hybridized carbons (Fsp3) is 0. The molecule has 76 valence electrons. The number of hydrogen-bond acceptors (Lipinski definition) is 1. The van der Waals surface area contributed by atoms with E-state index in [4.69, 9.17) is 23.2 Å². The van der Waals surface area contributed by atoms with Gasteiger partial charge in [0.05, 0.1) is 11.9 Å². The van der Waals surface area contributed by atoms with Crippen LogP contribution in [0.1, 0.15) is 0 Å². The molecule has 4 heteroatoms. The Morgan fingerprint density at radius 3 is 2.20 bits per heavy atom. The van der Waals surface area contributed by atoms with Gasteiger partial charge in [0.2, 0.25) is 0 Å². The molecule has 0 aliphatic carbocycles. The maximum absolute atomic E-state index is 12.6. The molecule has 0 aliphatic rings. The Balaban J connectivity index is 2.49. The van der Waals surface area contributed by atoms with E-state index in [-0.39, 0.29) is 5.82 Å². The topological polar surface area (TPSA) is 12.9 Å². The van der Waals surface area contributed by atoms with Crippen LogP contribution in [0.25, 0.3) is 11.3 Å². The molecule has 0 unspecified atom stereocenters. The van der Waals surface area contributed by atoms with Crippen LogP contribution < -0.4 is 0 Å². The summed E-state index contributed by atoms with van der Waals surface area (Å²) in [7, 11) is 0. The third-order valence-electron chi connectivity index (χ3n) is 1.89. The van der Waals surface area contributed by atoms with Gasteiger partial charge in [0, 0.05) is 15.6 Å². The molecule has 0 atom stereocenters. The van der Waals surface area contributed by atoms with Crippen molar-refractivity contribution in [3.05, 3.63) is 52.4 Å². The molecule has 0 bridgehead atoms. The number of benzene rings is 1. The first-order chi connectivity index (χ1) is 7.15. The van der Waals surface area contributed by atoms with Crippen molar-refractivity contribution < 1.29 is 4.39 Å². The highest BCUT2D eigenvalue weighted by atomic mass is 35.5. The van der Waals surface area contributed by atoms with Gasteiger partial charge in [-0.2, -0.15) is 0 Å². The molecule has 0 aliphatic heterocycles. The van der Waals surface area contributed by atoms with Gasteiger partial charge < -0.3 is 0 Å². The van der Waals surface area contributed by atoms with Gasteiger partial charge in [-0.15, -0.1) is 0 Å². The van der Waals surface area contributed by atoms with Crippen molar-refractivity contribution in [3.63, 3.8) is 0 Å². The summed E-state index contributed by atoms with van der Waals surface area (Å²) in [4.78, 5) is 3.94. The van der Waals surface area contributed by atoms with Crippen molar-refractivity contribution in [2.75, 3.05) is 0 Å². The van der Waals surface area contributed by atoms with Gasteiger partial charge in [-0.1, -0.05) is 23.2 Å². The third-order valence-corrected chi connectivity index (χ3v) is 2.32. The molecule has 2 rings (SSSR count). The van der Waals surface area contributed by atoms with Crippen molar-refractivity contribution in [3.8, 4) is 11.3 Å². The van der Waals surface area contributed by atoms with E-state index in [1.165, 1.54) is 6.07 Å². The zero-order chi connectivity index (χ0) is 10.8. The van der Waals surface area contributed by atoms with Crippen LogP contribution in [0.3, 0.4) is 0 Å². The van der Waals surface area contributed by atoms with Crippen LogP contribution in [0.2, 0.25) is 10.0 Å². The Morgan fingerprint density at radius 1 is 1.00 bits per heavy atom. The van der Waals surface area contributed by atoms with Crippen LogP contribution in [0.15, 0.2) is 36.5 Å². The van der Waals surface area contributed by atoms with Gasteiger partial charge in [0.25, 0.3) is 0 Å². The summed E-state index contributed by atoms with van der Waals surface area (Å²) in [5, 5.41) is 1.06. The summed E-state index contributed by atoms with van der Waals surface area (Å²) in [5.74, 6) is -0.369. The smallest absolute Gasteiger partial charge is 0.141 e. The summed E-state index contributed by atoms with van der Waals surface area (Å²) in [6, 6.07) is 8.02. The lowest BCUT2D eigenvalue weighted by atomic mass is 10.1. The molecule has 0 radical (unpaired) electrons. The van der Waals surface area contributed by atoms with E-state index in [9.17, 15) is 4.39 Å². The normalized spacial score (nSPS) is 10.3. The number of hydrogen-bond donors (Lipinski definition) is 0. The second-order valence-corrected chi connectivity index (χ2v) is 3.89. The summed E-state index contributed by atoms with van der Waals surface area (Å²) in [5.41, 5.74) is 1.41. The quantitative estimate of drug-likeness (QED) is 0.730. The monoisotopic (exact) mass is 241 g/mol. The summed E-state index contributed by atoms with van der Waals surface area (Å²) in [6.07, 6.45) is 1.16. The average molecular weight is 242 g/mol. The molecule has 0 N–H and O–H groups in total. The van der Waals surface area contributed by atoms with Crippen LogP contribution in [-0.2, 0) is 0 Å². The van der Waals surface area contributed by atoms with Crippen molar-refractivity contribution in [1.82, 2.24) is 4.98 Å². The SMILES string of the molecule is Fc1ccc(-c2cc(Cl)cc(Cl)c2)nc1. The fourth-order valence-electron chi connectivity index (χ4n) is 1.25. The first-order valence-corrected chi connectivity index (χ1v) is 4.99. The van der Waals surface area contributed by atoms with Gasteiger partial charge in [0.15, 0.2) is 0 Å². The minimum absolute atomic E-state index is 0.369. The highest BCUT2D eigenvalue weighted by Gasteiger charge is 2.02. The maximum Gasteiger partial charge on any atom is 0.141 e. The van der Waals surface area contributed by atoms with E-state index in [2.05, 4.69) is 4.98 Å². The molecule has 2 aromatic rings. The van der Waals surface area contributed by atoms with Gasteiger partial charge in [-0.3, -0.25) is 4.98 Å². The zero-order valence-corrected chi connectivity index (χ0v) is 9.06. The van der Waals surface area contributed by atoms with Crippen LogP contribution in [0.4, 0.5) is 4.39 Å². The molecule has 1 heterocycles. The average Bonchev–Trinajstić information content (AvgIpc) is 2.17. The van der Waals surface area contributed by atoms with E-state index in [1.807, 2.05) is 0 Å². The lowest BCUT2D eigenvalue weighted by molar-refractivity contribution is 0.622. The minimum atomic E-state index is -0.369. The number of aromatic nitrogens is 1. The molecule has 1 nitrogen and oxygen atoms in total. The summed E-state index contributed by atoms with van der Waals surface area (Å²) < 4.78 is 12.6. The van der Waals surface area contributed by atoms with E-state index >= 15 is 0 Å². The standard InChI is InChI=1S/C11H6Cl2FN/c12-8-3-7(4-9(13)5-8)11-2-1-10(14)6-15-11/h1-6H. The summed E-state index contributed by atoms with van der Waals surface area (Å²) in [6.45, 7) is 0. The Bertz CT molecular complexity index is 462. The van der Waals surface area contributed by atoms with E-state index < -0.39 is 0 Å². The highest BCUT2D eigenvalue weighted by molar-refractivity contribution is 6.35. The van der Waals surface area contributed by atoms with Crippen molar-refractivity contribution in [2.24, 2.45) is 0 Å². The second kappa shape index (κ2) is 4.17. The minimum Gasteiger partial charge on any atom is -0.253 e. The number of halogens is 3. The molecular weight excluding hydrogens is 236 g/mol. The Hall–Kier alpha value is -1.12. The molecule has 0 amide bonds. The van der Waals surface area contributed by atoms with Crippen LogP contribution in [0.5, 0.6) is 0 Å². The zero-order valence-electron chi connectivity index (χ0n) is 7.55. The van der Waals surface area contributed by atoms with Crippen molar-refractivity contribution >= 4 is 23.2 Å². The second-order valence-electron chi connectivity index (χ2n) is 3.02. The van der Waals surface area contributed by atoms with Crippen LogP contribution in [0, 0.1) is 5.82 Å². The lowest BCUT2D eigenvalue weighted by Crippen LogP contribution is -1.84. The molecule has 0 saturated heterocycles. The van der Waals surface area contributed by atoms with E-state index in [0.29, 0.717) is 15.7 Å². The lowest BCUT2D eigenvalue weighted by Gasteiger charge is -2.02. The molecule has 1 aromatic heterocycles. The third kappa shape index (κ3) is 2.46. The van der Waals surface area contributed by atoms with Gasteiger partial charge in [-0.05, 0) is 30.3 Å². The van der Waals surface area contributed by atoms with Gasteiger partial charge >= 0.3 is 0 Å². The maximum atomic E-state index is 12.6. The predicted octanol–water partition coefficient (Wildman–Crippen LogP) is 4.19. The highest BCUT2D eigenvalue weighted by Crippen LogP contribution is 2.25. The number of nitrogens with zero attached hydrogens (tertiary/aromatic N) is 1. The Kier molecular flexibility index (Phi) is 2.89. The first kappa shape index (κ1) is 10.4. The Morgan fingerprint density at radius 2 is 1.67 bits per heavy atom. The first-order valence-electron chi connectivity index (χ1n) is 4.23. The van der Waals surface area contributed by atoms with Crippen molar-refractivity contribution in [2.45, 2.75) is 0 Å². The van der Waals surface area contributed by atoms with E-state index in [0.717, 1.165) is 11.8 Å². The molecule has 0 saturated carbocycles. The molecular formula is C11H6Cl2FN. The van der Waals surface area contributed by atoms with Gasteiger partial charge in [0.1, 0.15) is 5.82 Å². The van der Waals surface area contributed by atoms with Crippen molar-refractivity contribution in [1.29, 1.82) is 0 Å². The molecule has 1 aromatic carbocycles. The fourth-order valence-corrected chi connectivity index (χ4v) is 1.77.